The number of nitrogens with zero attached hydrogens (tertiary/aromatic N) is 1. The molecule has 1 aromatic carbocycles. The van der Waals surface area contributed by atoms with Gasteiger partial charge in [0, 0.05) is 19.8 Å². The van der Waals surface area contributed by atoms with Gasteiger partial charge in [0.1, 0.15) is 6.10 Å². The van der Waals surface area contributed by atoms with Crippen LogP contribution in [0.25, 0.3) is 0 Å². The minimum atomic E-state index is 0.132. The molecule has 19 heavy (non-hydrogen) atoms. The third-order valence-corrected chi connectivity index (χ3v) is 3.06. The van der Waals surface area contributed by atoms with Crippen LogP contribution in [-0.4, -0.2) is 14.1 Å². The van der Waals surface area contributed by atoms with Crippen molar-refractivity contribution in [1.29, 1.82) is 0 Å². The van der Waals surface area contributed by atoms with E-state index >= 15 is 0 Å². The molecule has 0 aliphatic rings. The van der Waals surface area contributed by atoms with Crippen molar-refractivity contribution in [3.8, 4) is 0 Å². The van der Waals surface area contributed by atoms with E-state index in [4.69, 9.17) is 4.74 Å². The second-order valence-corrected chi connectivity index (χ2v) is 4.82. The van der Waals surface area contributed by atoms with Gasteiger partial charge in [0.2, 0.25) is 0 Å². The predicted octanol–water partition coefficient (Wildman–Crippen LogP) is 4.70. The van der Waals surface area contributed by atoms with Gasteiger partial charge in [-0.25, -0.2) is 0 Å². The lowest BCUT2D eigenvalue weighted by Crippen LogP contribution is -2.09. The monoisotopic (exact) mass is 259 g/mol. The molecule has 0 N–H and O–H groups in total. The van der Waals surface area contributed by atoms with Gasteiger partial charge >= 0.3 is 0 Å². The Morgan fingerprint density at radius 1 is 1.26 bits per heavy atom. The highest BCUT2D eigenvalue weighted by atomic mass is 16.5. The SMILES string of the molecule is C=CC=COC(CCCC)c1ccc(N(C)C)cc1. The maximum atomic E-state index is 5.81. The van der Waals surface area contributed by atoms with Gasteiger partial charge in [0.25, 0.3) is 0 Å². The van der Waals surface area contributed by atoms with Crippen LogP contribution in [0, 0.1) is 0 Å². The van der Waals surface area contributed by atoms with E-state index < -0.39 is 0 Å². The second kappa shape index (κ2) is 8.41. The van der Waals surface area contributed by atoms with Crippen molar-refractivity contribution in [2.75, 3.05) is 19.0 Å². The summed E-state index contributed by atoms with van der Waals surface area (Å²) in [5.41, 5.74) is 2.44. The van der Waals surface area contributed by atoms with Crippen LogP contribution in [0.1, 0.15) is 37.9 Å². The van der Waals surface area contributed by atoms with E-state index in [0.29, 0.717) is 0 Å². The van der Waals surface area contributed by atoms with Crippen LogP contribution in [-0.2, 0) is 4.74 Å². The van der Waals surface area contributed by atoms with Crippen LogP contribution in [0.2, 0.25) is 0 Å². The molecule has 1 unspecified atom stereocenters. The molecule has 2 heteroatoms. The molecule has 0 fully saturated rings. The van der Waals surface area contributed by atoms with Crippen LogP contribution in [0.15, 0.2) is 49.3 Å². The smallest absolute Gasteiger partial charge is 0.123 e. The van der Waals surface area contributed by atoms with E-state index in [-0.39, 0.29) is 6.10 Å². The molecule has 0 radical (unpaired) electrons. The maximum Gasteiger partial charge on any atom is 0.123 e. The number of allylic oxidation sites excluding steroid dienone is 2. The number of rotatable bonds is 8. The molecule has 1 rings (SSSR count). The van der Waals surface area contributed by atoms with Crippen LogP contribution in [0.3, 0.4) is 0 Å². The molecule has 1 aromatic rings. The van der Waals surface area contributed by atoms with Gasteiger partial charge in [-0.05, 0) is 36.6 Å². The molecule has 0 heterocycles. The number of unbranched alkanes of at least 4 members (excludes halogenated alkanes) is 1. The Balaban J connectivity index is 2.77. The van der Waals surface area contributed by atoms with Crippen LogP contribution >= 0.6 is 0 Å². The van der Waals surface area contributed by atoms with E-state index in [2.05, 4.69) is 42.7 Å². The van der Waals surface area contributed by atoms with E-state index in [1.807, 2.05) is 20.2 Å². The van der Waals surface area contributed by atoms with Gasteiger partial charge in [0.15, 0.2) is 0 Å². The van der Waals surface area contributed by atoms with Crippen molar-refractivity contribution < 1.29 is 4.74 Å². The fraction of sp³-hybridized carbons (Fsp3) is 0.412. The first-order valence-electron chi connectivity index (χ1n) is 6.89. The molecule has 0 bridgehead atoms. The first-order chi connectivity index (χ1) is 9.19. The van der Waals surface area contributed by atoms with Gasteiger partial charge in [-0.15, -0.1) is 0 Å². The molecule has 0 aliphatic carbocycles. The van der Waals surface area contributed by atoms with Crippen molar-refractivity contribution in [2.24, 2.45) is 0 Å². The molecule has 1 atom stereocenters. The summed E-state index contributed by atoms with van der Waals surface area (Å²) in [6.45, 7) is 5.85. The third-order valence-electron chi connectivity index (χ3n) is 3.06. The highest BCUT2D eigenvalue weighted by molar-refractivity contribution is 5.46. The molecule has 0 spiro atoms. The summed E-state index contributed by atoms with van der Waals surface area (Å²) in [6.07, 6.45) is 8.81. The van der Waals surface area contributed by atoms with E-state index in [9.17, 15) is 0 Å². The minimum Gasteiger partial charge on any atom is -0.493 e. The minimum absolute atomic E-state index is 0.132. The summed E-state index contributed by atoms with van der Waals surface area (Å²) < 4.78 is 5.81. The average Bonchev–Trinajstić information content (AvgIpc) is 2.43. The van der Waals surface area contributed by atoms with E-state index in [0.717, 1.165) is 6.42 Å². The molecule has 2 nitrogen and oxygen atoms in total. The summed E-state index contributed by atoms with van der Waals surface area (Å²) >= 11 is 0. The number of hydrogen-bond acceptors (Lipinski definition) is 2. The fourth-order valence-corrected chi connectivity index (χ4v) is 1.89. The van der Waals surface area contributed by atoms with Gasteiger partial charge in [-0.3, -0.25) is 0 Å². The van der Waals surface area contributed by atoms with Gasteiger partial charge in [-0.1, -0.05) is 38.1 Å². The summed E-state index contributed by atoms with van der Waals surface area (Å²) in [5, 5.41) is 0. The van der Waals surface area contributed by atoms with Crippen LogP contribution < -0.4 is 4.90 Å². The molecule has 104 valence electrons. The van der Waals surface area contributed by atoms with Crippen LogP contribution in [0.4, 0.5) is 5.69 Å². The first kappa shape index (κ1) is 15.4. The Bertz CT molecular complexity index is 392. The van der Waals surface area contributed by atoms with Crippen molar-refractivity contribution >= 4 is 5.69 Å². The average molecular weight is 259 g/mol. The lowest BCUT2D eigenvalue weighted by Gasteiger charge is -2.18. The van der Waals surface area contributed by atoms with Gasteiger partial charge in [0.05, 0.1) is 6.26 Å². The zero-order valence-corrected chi connectivity index (χ0v) is 12.3. The molecular weight excluding hydrogens is 234 g/mol. The lowest BCUT2D eigenvalue weighted by molar-refractivity contribution is 0.134. The quantitative estimate of drug-likeness (QED) is 0.495. The lowest BCUT2D eigenvalue weighted by atomic mass is 10.0. The summed E-state index contributed by atoms with van der Waals surface area (Å²) in [5.74, 6) is 0. The zero-order chi connectivity index (χ0) is 14.1. The normalized spacial score (nSPS) is 12.4. The Morgan fingerprint density at radius 3 is 2.47 bits per heavy atom. The predicted molar refractivity (Wildman–Crippen MR) is 83.5 cm³/mol. The maximum absolute atomic E-state index is 5.81. The van der Waals surface area contributed by atoms with Gasteiger partial charge in [-0.2, -0.15) is 0 Å². The second-order valence-electron chi connectivity index (χ2n) is 4.82. The summed E-state index contributed by atoms with van der Waals surface area (Å²) in [6, 6.07) is 8.57. The van der Waals surface area contributed by atoms with Crippen molar-refractivity contribution in [3.05, 3.63) is 54.8 Å². The Labute approximate surface area is 117 Å². The zero-order valence-electron chi connectivity index (χ0n) is 12.3. The number of anilines is 1. The fourth-order valence-electron chi connectivity index (χ4n) is 1.89. The van der Waals surface area contributed by atoms with E-state index in [1.165, 1.54) is 24.1 Å². The topological polar surface area (TPSA) is 12.5 Å². The Morgan fingerprint density at radius 2 is 1.95 bits per heavy atom. The third kappa shape index (κ3) is 5.21. The van der Waals surface area contributed by atoms with Crippen molar-refractivity contribution in [2.45, 2.75) is 32.3 Å². The number of ether oxygens (including phenoxy) is 1. The van der Waals surface area contributed by atoms with Crippen molar-refractivity contribution in [3.63, 3.8) is 0 Å². The molecular formula is C17H25NO. The molecule has 0 saturated heterocycles. The largest absolute Gasteiger partial charge is 0.493 e. The molecule has 0 saturated carbocycles. The van der Waals surface area contributed by atoms with Crippen molar-refractivity contribution in [1.82, 2.24) is 0 Å². The molecule has 0 aliphatic heterocycles. The highest BCUT2D eigenvalue weighted by Gasteiger charge is 2.11. The molecule has 0 amide bonds. The number of hydrogen-bond donors (Lipinski definition) is 0. The standard InChI is InChI=1S/C17H25NO/c1-5-7-9-17(19-14-8-6-2)15-10-12-16(13-11-15)18(3)4/h6,8,10-14,17H,2,5,7,9H2,1,3-4H3. The Kier molecular flexibility index (Phi) is 6.80. The number of benzene rings is 1. The van der Waals surface area contributed by atoms with E-state index in [1.54, 1.807) is 12.3 Å². The Hall–Kier alpha value is -1.70. The molecule has 0 aromatic heterocycles. The highest BCUT2D eigenvalue weighted by Crippen LogP contribution is 2.25. The van der Waals surface area contributed by atoms with Crippen LogP contribution in [0.5, 0.6) is 0 Å². The summed E-state index contributed by atoms with van der Waals surface area (Å²) in [7, 11) is 4.10. The van der Waals surface area contributed by atoms with Gasteiger partial charge < -0.3 is 9.64 Å². The summed E-state index contributed by atoms with van der Waals surface area (Å²) in [4.78, 5) is 2.10. The first-order valence-corrected chi connectivity index (χ1v) is 6.89.